The molecule has 1 N–H and O–H groups in total. The monoisotopic (exact) mass is 440 g/mol. The molecule has 3 aromatic rings. The van der Waals surface area contributed by atoms with Crippen molar-refractivity contribution in [1.82, 2.24) is 19.4 Å². The van der Waals surface area contributed by atoms with Crippen molar-refractivity contribution in [2.24, 2.45) is 0 Å². The van der Waals surface area contributed by atoms with Gasteiger partial charge in [0.05, 0.1) is 13.2 Å². The van der Waals surface area contributed by atoms with Crippen molar-refractivity contribution in [1.29, 1.82) is 0 Å². The molecule has 0 saturated carbocycles. The zero-order valence-corrected chi connectivity index (χ0v) is 18.4. The van der Waals surface area contributed by atoms with Gasteiger partial charge in [-0.05, 0) is 24.3 Å². The lowest BCUT2D eigenvalue weighted by Gasteiger charge is -2.34. The summed E-state index contributed by atoms with van der Waals surface area (Å²) in [5.41, 5.74) is 2.04. The van der Waals surface area contributed by atoms with Gasteiger partial charge in [-0.25, -0.2) is 9.78 Å². The lowest BCUT2D eigenvalue weighted by Crippen LogP contribution is -2.50. The van der Waals surface area contributed by atoms with Crippen LogP contribution in [0.2, 0.25) is 0 Å². The number of ether oxygens (including phenoxy) is 1. The minimum atomic E-state index is -0.0371. The molecule has 0 radical (unpaired) electrons. The lowest BCUT2D eigenvalue weighted by atomic mass is 10.2. The topological polar surface area (TPSA) is 65.9 Å². The van der Waals surface area contributed by atoms with Crippen molar-refractivity contribution in [3.63, 3.8) is 0 Å². The third-order valence-electron chi connectivity index (χ3n) is 6.04. The summed E-state index contributed by atoms with van der Waals surface area (Å²) < 4.78 is 7.71. The van der Waals surface area contributed by atoms with E-state index in [1.54, 1.807) is 11.3 Å². The molecule has 0 spiro atoms. The van der Waals surface area contributed by atoms with Crippen molar-refractivity contribution < 1.29 is 9.53 Å². The van der Waals surface area contributed by atoms with Gasteiger partial charge in [0.15, 0.2) is 5.13 Å². The number of amides is 2. The molecular formula is C22H28N6O2S. The number of anilines is 2. The van der Waals surface area contributed by atoms with Crippen LogP contribution in [-0.4, -0.2) is 84.4 Å². The summed E-state index contributed by atoms with van der Waals surface area (Å²) in [6.45, 7) is 8.68. The molecule has 0 bridgehead atoms. The molecule has 5 rings (SSSR count). The van der Waals surface area contributed by atoms with Crippen LogP contribution < -0.4 is 10.2 Å². The highest BCUT2D eigenvalue weighted by molar-refractivity contribution is 7.13. The molecule has 2 aromatic heterocycles. The number of thiazole rings is 1. The number of hydrogen-bond donors (Lipinski definition) is 1. The standard InChI is InChI=1S/C22H28N6O2S/c29-21(27-8-10-28(11-9-27)22-23-4-16-31-22)24-19-1-2-20-18(17-19)3-5-26(20)7-6-25-12-14-30-15-13-25/h1-5,16-17H,6-15H2,(H,24,29). The molecule has 0 aliphatic carbocycles. The van der Waals surface area contributed by atoms with Crippen LogP contribution in [0.1, 0.15) is 0 Å². The van der Waals surface area contributed by atoms with Gasteiger partial charge in [0.2, 0.25) is 0 Å². The van der Waals surface area contributed by atoms with E-state index in [4.69, 9.17) is 4.74 Å². The van der Waals surface area contributed by atoms with E-state index in [2.05, 4.69) is 49.1 Å². The first-order valence-electron chi connectivity index (χ1n) is 10.9. The maximum absolute atomic E-state index is 12.7. The summed E-state index contributed by atoms with van der Waals surface area (Å²) in [6.07, 6.45) is 3.96. The van der Waals surface area contributed by atoms with Crippen LogP contribution in [0, 0.1) is 0 Å². The summed E-state index contributed by atoms with van der Waals surface area (Å²) in [6, 6.07) is 8.24. The SMILES string of the molecule is O=C(Nc1ccc2c(ccn2CCN2CCOCC2)c1)N1CCN(c2nccs2)CC1. The number of nitrogens with zero attached hydrogens (tertiary/aromatic N) is 5. The summed E-state index contributed by atoms with van der Waals surface area (Å²) in [5, 5.41) is 7.23. The van der Waals surface area contributed by atoms with E-state index in [9.17, 15) is 4.79 Å². The largest absolute Gasteiger partial charge is 0.379 e. The lowest BCUT2D eigenvalue weighted by molar-refractivity contribution is 0.0365. The predicted octanol–water partition coefficient (Wildman–Crippen LogP) is 2.78. The smallest absolute Gasteiger partial charge is 0.321 e. The Balaban J connectivity index is 1.16. The van der Waals surface area contributed by atoms with Crippen molar-refractivity contribution in [3.8, 4) is 0 Å². The van der Waals surface area contributed by atoms with Crippen LogP contribution >= 0.6 is 11.3 Å². The summed E-state index contributed by atoms with van der Waals surface area (Å²) in [7, 11) is 0. The van der Waals surface area contributed by atoms with Gasteiger partial charge < -0.3 is 24.4 Å². The van der Waals surface area contributed by atoms with Crippen LogP contribution in [-0.2, 0) is 11.3 Å². The summed E-state index contributed by atoms with van der Waals surface area (Å²) in [4.78, 5) is 23.7. The molecular weight excluding hydrogens is 412 g/mol. The Labute approximate surface area is 186 Å². The molecule has 0 unspecified atom stereocenters. The van der Waals surface area contributed by atoms with Crippen LogP contribution in [0.15, 0.2) is 42.0 Å². The minimum Gasteiger partial charge on any atom is -0.379 e. The number of rotatable bonds is 5. The van der Waals surface area contributed by atoms with E-state index in [1.165, 1.54) is 5.52 Å². The minimum absolute atomic E-state index is 0.0371. The zero-order valence-electron chi connectivity index (χ0n) is 17.6. The number of fused-ring (bicyclic) bond motifs is 1. The molecule has 31 heavy (non-hydrogen) atoms. The number of piperazine rings is 1. The fourth-order valence-electron chi connectivity index (χ4n) is 4.22. The fraction of sp³-hybridized carbons (Fsp3) is 0.455. The molecule has 164 valence electrons. The van der Waals surface area contributed by atoms with Gasteiger partial charge in [0.1, 0.15) is 0 Å². The van der Waals surface area contributed by atoms with Crippen molar-refractivity contribution in [2.45, 2.75) is 6.54 Å². The normalized spacial score (nSPS) is 17.9. The summed E-state index contributed by atoms with van der Waals surface area (Å²) in [5.74, 6) is 0. The van der Waals surface area contributed by atoms with E-state index < -0.39 is 0 Å². The Morgan fingerprint density at radius 3 is 2.68 bits per heavy atom. The van der Waals surface area contributed by atoms with Crippen LogP contribution in [0.25, 0.3) is 10.9 Å². The highest BCUT2D eigenvalue weighted by Crippen LogP contribution is 2.22. The highest BCUT2D eigenvalue weighted by atomic mass is 32.1. The van der Waals surface area contributed by atoms with Crippen LogP contribution in [0.5, 0.6) is 0 Å². The van der Waals surface area contributed by atoms with E-state index in [-0.39, 0.29) is 6.03 Å². The number of aromatic nitrogens is 2. The Bertz CT molecular complexity index is 1010. The number of hydrogen-bond acceptors (Lipinski definition) is 6. The van der Waals surface area contributed by atoms with Crippen molar-refractivity contribution in [2.75, 3.05) is 69.2 Å². The average molecular weight is 441 g/mol. The number of nitrogens with one attached hydrogen (secondary N) is 1. The molecule has 9 heteroatoms. The molecule has 2 aliphatic heterocycles. The fourth-order valence-corrected chi connectivity index (χ4v) is 4.92. The van der Waals surface area contributed by atoms with Crippen molar-refractivity contribution in [3.05, 3.63) is 42.0 Å². The Kier molecular flexibility index (Phi) is 6.06. The molecule has 8 nitrogen and oxygen atoms in total. The van der Waals surface area contributed by atoms with Gasteiger partial charge >= 0.3 is 6.03 Å². The Morgan fingerprint density at radius 1 is 1.06 bits per heavy atom. The Morgan fingerprint density at radius 2 is 1.90 bits per heavy atom. The third kappa shape index (κ3) is 4.68. The number of benzene rings is 1. The van der Waals surface area contributed by atoms with E-state index >= 15 is 0 Å². The van der Waals surface area contributed by atoms with Gasteiger partial charge in [-0.15, -0.1) is 11.3 Å². The molecule has 2 aliphatic rings. The van der Waals surface area contributed by atoms with Crippen molar-refractivity contribution >= 4 is 39.1 Å². The second-order valence-corrected chi connectivity index (χ2v) is 8.83. The van der Waals surface area contributed by atoms with Gasteiger partial charge in [0.25, 0.3) is 0 Å². The first-order valence-corrected chi connectivity index (χ1v) is 11.7. The van der Waals surface area contributed by atoms with E-state index in [0.29, 0.717) is 13.1 Å². The zero-order chi connectivity index (χ0) is 21.0. The third-order valence-corrected chi connectivity index (χ3v) is 6.87. The average Bonchev–Trinajstić information content (AvgIpc) is 3.49. The number of carbonyl (C=O) groups excluding carboxylic acids is 1. The van der Waals surface area contributed by atoms with Gasteiger partial charge in [-0.1, -0.05) is 0 Å². The molecule has 2 amide bonds. The van der Waals surface area contributed by atoms with Gasteiger partial charge in [0, 0.05) is 86.7 Å². The van der Waals surface area contributed by atoms with E-state index in [0.717, 1.165) is 68.7 Å². The predicted molar refractivity (Wildman–Crippen MR) is 124 cm³/mol. The molecule has 4 heterocycles. The first kappa shape index (κ1) is 20.3. The maximum Gasteiger partial charge on any atom is 0.321 e. The second-order valence-electron chi connectivity index (χ2n) is 7.96. The van der Waals surface area contributed by atoms with Gasteiger partial charge in [-0.2, -0.15) is 0 Å². The molecule has 2 saturated heterocycles. The number of urea groups is 1. The van der Waals surface area contributed by atoms with E-state index in [1.807, 2.05) is 22.5 Å². The Hall–Kier alpha value is -2.62. The second kappa shape index (κ2) is 9.25. The molecule has 2 fully saturated rings. The quantitative estimate of drug-likeness (QED) is 0.661. The number of morpholine rings is 1. The summed E-state index contributed by atoms with van der Waals surface area (Å²) >= 11 is 1.64. The molecule has 0 atom stereocenters. The van der Waals surface area contributed by atoms with Gasteiger partial charge in [-0.3, -0.25) is 4.90 Å². The number of carbonyl (C=O) groups is 1. The van der Waals surface area contributed by atoms with Crippen LogP contribution in [0.3, 0.4) is 0 Å². The van der Waals surface area contributed by atoms with Crippen LogP contribution in [0.4, 0.5) is 15.6 Å². The first-order chi connectivity index (χ1) is 15.3. The maximum atomic E-state index is 12.7. The molecule has 1 aromatic carbocycles. The highest BCUT2D eigenvalue weighted by Gasteiger charge is 2.22.